The van der Waals surface area contributed by atoms with Gasteiger partial charge in [-0.05, 0) is 65.5 Å². The van der Waals surface area contributed by atoms with Gasteiger partial charge in [0.25, 0.3) is 0 Å². The highest BCUT2D eigenvalue weighted by Crippen LogP contribution is 2.33. The van der Waals surface area contributed by atoms with Crippen molar-refractivity contribution in [3.8, 4) is 0 Å². The maximum absolute atomic E-state index is 6.03. The summed E-state index contributed by atoms with van der Waals surface area (Å²) in [6.07, 6.45) is 7.01. The van der Waals surface area contributed by atoms with Crippen molar-refractivity contribution in [3.63, 3.8) is 0 Å². The van der Waals surface area contributed by atoms with Crippen LogP contribution in [0.5, 0.6) is 0 Å². The standard InChI is InChI=1S/C25H32N4O/c1-7-24(4,5)20-10-12-22-18(14-20)16-26-28(22)30-29-23-13-11-21(15-19(23)17-27-29)25(6,8-2)9-3/h10-17H,7-9H2,1-6H3. The predicted molar refractivity (Wildman–Crippen MR) is 123 cm³/mol. The SMILES string of the molecule is CCC(C)(C)c1ccc2c(cnn2On2ncc3cc(C(C)(CC)CC)ccc32)c1. The first-order valence-corrected chi connectivity index (χ1v) is 11.0. The van der Waals surface area contributed by atoms with Crippen LogP contribution in [-0.4, -0.2) is 19.9 Å². The Morgan fingerprint density at radius 3 is 1.73 bits per heavy atom. The fourth-order valence-corrected chi connectivity index (χ4v) is 3.88. The van der Waals surface area contributed by atoms with Gasteiger partial charge >= 0.3 is 0 Å². The Hall–Kier alpha value is -2.82. The Bertz CT molecular complexity index is 1180. The van der Waals surface area contributed by atoms with Crippen molar-refractivity contribution in [3.05, 3.63) is 59.9 Å². The van der Waals surface area contributed by atoms with E-state index in [1.54, 1.807) is 9.69 Å². The molecule has 0 radical (unpaired) electrons. The van der Waals surface area contributed by atoms with Crippen molar-refractivity contribution in [2.75, 3.05) is 0 Å². The average molecular weight is 405 g/mol. The molecule has 0 spiro atoms. The molecule has 4 aromatic rings. The van der Waals surface area contributed by atoms with Crippen LogP contribution in [0.25, 0.3) is 21.8 Å². The van der Waals surface area contributed by atoms with E-state index >= 15 is 0 Å². The third-order valence-corrected chi connectivity index (χ3v) is 7.15. The molecule has 0 saturated heterocycles. The van der Waals surface area contributed by atoms with Crippen LogP contribution in [0.1, 0.15) is 71.9 Å². The minimum absolute atomic E-state index is 0.137. The number of benzene rings is 2. The van der Waals surface area contributed by atoms with Gasteiger partial charge < -0.3 is 0 Å². The molecule has 0 aliphatic heterocycles. The minimum atomic E-state index is 0.137. The smallest absolute Gasteiger partial charge is 0.113 e. The molecule has 4 rings (SSSR count). The third-order valence-electron chi connectivity index (χ3n) is 7.15. The van der Waals surface area contributed by atoms with E-state index < -0.39 is 0 Å². The zero-order chi connectivity index (χ0) is 21.5. The van der Waals surface area contributed by atoms with Gasteiger partial charge in [0, 0.05) is 10.8 Å². The van der Waals surface area contributed by atoms with Crippen molar-refractivity contribution >= 4 is 21.8 Å². The fraction of sp³-hybridized carbons (Fsp3) is 0.440. The summed E-state index contributed by atoms with van der Waals surface area (Å²) in [7, 11) is 0. The molecular weight excluding hydrogens is 372 g/mol. The Balaban J connectivity index is 1.67. The van der Waals surface area contributed by atoms with Crippen LogP contribution in [-0.2, 0) is 10.8 Å². The van der Waals surface area contributed by atoms with Crippen molar-refractivity contribution in [1.82, 2.24) is 19.9 Å². The van der Waals surface area contributed by atoms with Gasteiger partial charge in [0.15, 0.2) is 0 Å². The third kappa shape index (κ3) is 3.36. The highest BCUT2D eigenvalue weighted by atomic mass is 16.8. The number of hydrogen-bond donors (Lipinski definition) is 0. The molecule has 0 N–H and O–H groups in total. The number of aromatic nitrogens is 4. The van der Waals surface area contributed by atoms with E-state index in [0.717, 1.165) is 41.1 Å². The first kappa shape index (κ1) is 20.5. The van der Waals surface area contributed by atoms with Gasteiger partial charge in [-0.25, -0.2) is 4.94 Å². The summed E-state index contributed by atoms with van der Waals surface area (Å²) in [6, 6.07) is 13.0. The summed E-state index contributed by atoms with van der Waals surface area (Å²) in [5, 5.41) is 11.0. The second-order valence-electron chi connectivity index (χ2n) is 9.17. The monoisotopic (exact) mass is 404 g/mol. The van der Waals surface area contributed by atoms with Crippen molar-refractivity contribution < 1.29 is 4.94 Å². The maximum atomic E-state index is 6.03. The number of fused-ring (bicyclic) bond motifs is 2. The molecule has 0 unspecified atom stereocenters. The molecule has 0 aliphatic rings. The van der Waals surface area contributed by atoms with Crippen molar-refractivity contribution in [2.45, 2.75) is 71.6 Å². The van der Waals surface area contributed by atoms with E-state index in [9.17, 15) is 0 Å². The molecule has 5 nitrogen and oxygen atoms in total. The molecule has 0 atom stereocenters. The molecule has 2 aromatic carbocycles. The summed E-state index contributed by atoms with van der Waals surface area (Å²) in [6.45, 7) is 13.6. The van der Waals surface area contributed by atoms with Crippen LogP contribution in [0.15, 0.2) is 48.8 Å². The second-order valence-corrected chi connectivity index (χ2v) is 9.17. The Kier molecular flexibility index (Phi) is 5.08. The topological polar surface area (TPSA) is 44.9 Å². The van der Waals surface area contributed by atoms with E-state index in [-0.39, 0.29) is 10.8 Å². The lowest BCUT2D eigenvalue weighted by Crippen LogP contribution is -2.21. The van der Waals surface area contributed by atoms with Gasteiger partial charge in [0.05, 0.1) is 12.4 Å². The number of hydrogen-bond acceptors (Lipinski definition) is 3. The molecule has 2 heterocycles. The Morgan fingerprint density at radius 2 is 1.23 bits per heavy atom. The van der Waals surface area contributed by atoms with Crippen LogP contribution >= 0.6 is 0 Å². The van der Waals surface area contributed by atoms with Crippen LogP contribution in [0.3, 0.4) is 0 Å². The van der Waals surface area contributed by atoms with E-state index in [2.05, 4.69) is 88.1 Å². The lowest BCUT2D eigenvalue weighted by atomic mass is 9.77. The molecule has 0 bridgehead atoms. The van der Waals surface area contributed by atoms with Crippen molar-refractivity contribution in [2.24, 2.45) is 0 Å². The summed E-state index contributed by atoms with van der Waals surface area (Å²) in [4.78, 5) is 9.11. The quantitative estimate of drug-likeness (QED) is 0.377. The predicted octanol–water partition coefficient (Wildman–Crippen LogP) is 6.04. The largest absolute Gasteiger partial charge is 0.246 e. The van der Waals surface area contributed by atoms with Crippen molar-refractivity contribution in [1.29, 1.82) is 0 Å². The lowest BCUT2D eigenvalue weighted by Gasteiger charge is -2.27. The molecule has 0 amide bonds. The van der Waals surface area contributed by atoms with Crippen LogP contribution in [0.4, 0.5) is 0 Å². The summed E-state index contributed by atoms with van der Waals surface area (Å²) in [5.74, 6) is 0. The van der Waals surface area contributed by atoms with E-state index in [0.29, 0.717) is 0 Å². The molecule has 5 heteroatoms. The van der Waals surface area contributed by atoms with Gasteiger partial charge in [0.2, 0.25) is 0 Å². The molecular formula is C25H32N4O. The van der Waals surface area contributed by atoms with Gasteiger partial charge in [0.1, 0.15) is 11.0 Å². The minimum Gasteiger partial charge on any atom is -0.246 e. The van der Waals surface area contributed by atoms with Gasteiger partial charge in [-0.1, -0.05) is 63.4 Å². The maximum Gasteiger partial charge on any atom is 0.113 e. The Labute approximate surface area is 178 Å². The summed E-state index contributed by atoms with van der Waals surface area (Å²) >= 11 is 0. The Morgan fingerprint density at radius 1 is 0.733 bits per heavy atom. The summed E-state index contributed by atoms with van der Waals surface area (Å²) < 4.78 is 0. The number of nitrogens with zero attached hydrogens (tertiary/aromatic N) is 4. The molecule has 0 fully saturated rings. The highest BCUT2D eigenvalue weighted by Gasteiger charge is 2.23. The molecule has 30 heavy (non-hydrogen) atoms. The normalized spacial score (nSPS) is 12.7. The zero-order valence-corrected chi connectivity index (χ0v) is 18.9. The highest BCUT2D eigenvalue weighted by molar-refractivity contribution is 5.80. The van der Waals surface area contributed by atoms with Crippen LogP contribution in [0.2, 0.25) is 0 Å². The van der Waals surface area contributed by atoms with E-state index in [4.69, 9.17) is 4.94 Å². The van der Waals surface area contributed by atoms with Crippen LogP contribution in [0, 0.1) is 0 Å². The fourth-order valence-electron chi connectivity index (χ4n) is 3.88. The van der Waals surface area contributed by atoms with Gasteiger partial charge in [-0.15, -0.1) is 10.2 Å². The molecule has 0 aliphatic carbocycles. The van der Waals surface area contributed by atoms with E-state index in [1.807, 2.05) is 12.4 Å². The second kappa shape index (κ2) is 7.46. The number of rotatable bonds is 7. The van der Waals surface area contributed by atoms with Gasteiger partial charge in [-0.3, -0.25) is 0 Å². The lowest BCUT2D eigenvalue weighted by molar-refractivity contribution is 0.00614. The molecule has 2 aromatic heterocycles. The first-order chi connectivity index (χ1) is 14.3. The first-order valence-electron chi connectivity index (χ1n) is 11.0. The van der Waals surface area contributed by atoms with Crippen LogP contribution < -0.4 is 4.94 Å². The van der Waals surface area contributed by atoms with Gasteiger partial charge in [-0.2, -0.15) is 0 Å². The zero-order valence-electron chi connectivity index (χ0n) is 18.9. The van der Waals surface area contributed by atoms with E-state index in [1.165, 1.54) is 11.1 Å². The molecule has 158 valence electrons. The average Bonchev–Trinajstić information content (AvgIpc) is 3.36. The summed E-state index contributed by atoms with van der Waals surface area (Å²) in [5.41, 5.74) is 4.83. The molecule has 0 saturated carbocycles.